The number of rotatable bonds is 10. The topological polar surface area (TPSA) is 61.8 Å². The zero-order valence-electron chi connectivity index (χ0n) is 12.5. The molecule has 0 bridgehead atoms. The van der Waals surface area contributed by atoms with Gasteiger partial charge < -0.3 is 15.8 Å². The van der Waals surface area contributed by atoms with Crippen molar-refractivity contribution in [1.29, 1.82) is 0 Å². The zero-order valence-corrected chi connectivity index (χ0v) is 12.5. The molecule has 0 saturated carbocycles. The zero-order chi connectivity index (χ0) is 14.0. The highest BCUT2D eigenvalue weighted by Crippen LogP contribution is 2.16. The quantitative estimate of drug-likeness (QED) is 0.274. The van der Waals surface area contributed by atoms with E-state index in [-0.39, 0.29) is 0 Å². The van der Waals surface area contributed by atoms with Crippen molar-refractivity contribution in [2.45, 2.75) is 65.8 Å². The highest BCUT2D eigenvalue weighted by atomic mass is 16.4. The number of nitrogens with two attached hydrogens (primary N) is 1. The lowest BCUT2D eigenvalue weighted by molar-refractivity contribution is 0.182. The lowest BCUT2D eigenvalue weighted by Crippen LogP contribution is -2.37. The third-order valence-corrected chi connectivity index (χ3v) is 3.55. The van der Waals surface area contributed by atoms with Crippen LogP contribution in [0.25, 0.3) is 0 Å². The van der Waals surface area contributed by atoms with Gasteiger partial charge in [0.25, 0.3) is 0 Å². The summed E-state index contributed by atoms with van der Waals surface area (Å²) < 4.78 is 0. The van der Waals surface area contributed by atoms with Gasteiger partial charge in [-0.1, -0.05) is 38.3 Å². The minimum absolute atomic E-state index is 0.322. The van der Waals surface area contributed by atoms with Crippen molar-refractivity contribution in [1.82, 2.24) is 4.90 Å². The first-order valence-electron chi connectivity index (χ1n) is 7.25. The van der Waals surface area contributed by atoms with Crippen molar-refractivity contribution < 1.29 is 5.21 Å². The van der Waals surface area contributed by atoms with Crippen LogP contribution in [-0.4, -0.2) is 35.1 Å². The first kappa shape index (κ1) is 17.2. The number of hydrogen-bond donors (Lipinski definition) is 2. The van der Waals surface area contributed by atoms with Gasteiger partial charge in [-0.25, -0.2) is 0 Å². The first-order chi connectivity index (χ1) is 8.54. The molecule has 4 nitrogen and oxygen atoms in total. The third-order valence-electron chi connectivity index (χ3n) is 3.55. The Hall–Kier alpha value is -0.770. The van der Waals surface area contributed by atoms with Crippen LogP contribution in [-0.2, 0) is 0 Å². The standard InChI is InChI=1S/C14H31N3O/c1-5-7-8-13(6-2)11-17(12(3)4)10-9-14(15)16-18/h12-13,18H,5-11H2,1-4H3,(H2,15,16). The Labute approximate surface area is 112 Å². The molecule has 0 spiro atoms. The van der Waals surface area contributed by atoms with Crippen LogP contribution < -0.4 is 5.73 Å². The number of hydrogen-bond acceptors (Lipinski definition) is 3. The van der Waals surface area contributed by atoms with Crippen LogP contribution in [0.3, 0.4) is 0 Å². The molecular weight excluding hydrogens is 226 g/mol. The summed E-state index contributed by atoms with van der Waals surface area (Å²) in [7, 11) is 0. The molecule has 4 heteroatoms. The Balaban J connectivity index is 4.23. The van der Waals surface area contributed by atoms with E-state index >= 15 is 0 Å². The monoisotopic (exact) mass is 257 g/mol. The molecule has 108 valence electrons. The van der Waals surface area contributed by atoms with Gasteiger partial charge >= 0.3 is 0 Å². The molecule has 0 aromatic rings. The second-order valence-electron chi connectivity index (χ2n) is 5.35. The van der Waals surface area contributed by atoms with Gasteiger partial charge in [0, 0.05) is 25.6 Å². The minimum atomic E-state index is 0.322. The van der Waals surface area contributed by atoms with Gasteiger partial charge in [-0.15, -0.1) is 0 Å². The third kappa shape index (κ3) is 7.54. The van der Waals surface area contributed by atoms with E-state index in [0.717, 1.165) is 19.0 Å². The van der Waals surface area contributed by atoms with Crippen LogP contribution in [0.4, 0.5) is 0 Å². The molecular formula is C14H31N3O. The summed E-state index contributed by atoms with van der Waals surface area (Å²) in [6, 6.07) is 0.507. The van der Waals surface area contributed by atoms with Crippen LogP contribution in [0.15, 0.2) is 5.16 Å². The van der Waals surface area contributed by atoms with Crippen LogP contribution in [0.1, 0.15) is 59.8 Å². The van der Waals surface area contributed by atoms with Crippen molar-refractivity contribution in [3.05, 3.63) is 0 Å². The van der Waals surface area contributed by atoms with E-state index in [1.54, 1.807) is 0 Å². The van der Waals surface area contributed by atoms with E-state index in [1.165, 1.54) is 25.7 Å². The lowest BCUT2D eigenvalue weighted by atomic mass is 9.98. The Kier molecular flexibility index (Phi) is 9.74. The summed E-state index contributed by atoms with van der Waals surface area (Å²) in [4.78, 5) is 2.43. The Bertz CT molecular complexity index is 229. The molecule has 0 heterocycles. The summed E-state index contributed by atoms with van der Waals surface area (Å²) in [6.45, 7) is 10.9. The van der Waals surface area contributed by atoms with Gasteiger partial charge in [0.15, 0.2) is 0 Å². The molecule has 0 aromatic heterocycles. The highest BCUT2D eigenvalue weighted by Gasteiger charge is 2.15. The molecule has 18 heavy (non-hydrogen) atoms. The van der Waals surface area contributed by atoms with Crippen molar-refractivity contribution in [2.75, 3.05) is 13.1 Å². The maximum atomic E-state index is 8.57. The van der Waals surface area contributed by atoms with Crippen LogP contribution >= 0.6 is 0 Å². The number of oxime groups is 1. The molecule has 0 aliphatic carbocycles. The Morgan fingerprint density at radius 2 is 2.00 bits per heavy atom. The fraction of sp³-hybridized carbons (Fsp3) is 0.929. The Morgan fingerprint density at radius 3 is 2.44 bits per heavy atom. The lowest BCUT2D eigenvalue weighted by Gasteiger charge is -2.30. The summed E-state index contributed by atoms with van der Waals surface area (Å²) in [5, 5.41) is 11.6. The second-order valence-corrected chi connectivity index (χ2v) is 5.35. The molecule has 0 fully saturated rings. The SMILES string of the molecule is CCCCC(CC)CN(CCC(N)=NO)C(C)C. The molecule has 3 N–H and O–H groups in total. The van der Waals surface area contributed by atoms with Crippen LogP contribution in [0, 0.1) is 5.92 Å². The average Bonchev–Trinajstić information content (AvgIpc) is 2.37. The van der Waals surface area contributed by atoms with Gasteiger partial charge in [0.05, 0.1) is 0 Å². The van der Waals surface area contributed by atoms with E-state index in [4.69, 9.17) is 10.9 Å². The van der Waals surface area contributed by atoms with Gasteiger partial charge in [0.1, 0.15) is 5.84 Å². The van der Waals surface area contributed by atoms with Gasteiger partial charge in [-0.2, -0.15) is 0 Å². The van der Waals surface area contributed by atoms with Crippen molar-refractivity contribution in [2.24, 2.45) is 16.8 Å². The number of amidine groups is 1. The van der Waals surface area contributed by atoms with Gasteiger partial charge in [0.2, 0.25) is 0 Å². The van der Waals surface area contributed by atoms with Crippen LogP contribution in [0.5, 0.6) is 0 Å². The first-order valence-corrected chi connectivity index (χ1v) is 7.25. The predicted octanol–water partition coefficient (Wildman–Crippen LogP) is 3.05. The second kappa shape index (κ2) is 10.2. The van der Waals surface area contributed by atoms with Crippen molar-refractivity contribution in [3.63, 3.8) is 0 Å². The predicted molar refractivity (Wildman–Crippen MR) is 78.0 cm³/mol. The fourth-order valence-corrected chi connectivity index (χ4v) is 2.12. The van der Waals surface area contributed by atoms with E-state index < -0.39 is 0 Å². The number of nitrogens with zero attached hydrogens (tertiary/aromatic N) is 2. The van der Waals surface area contributed by atoms with E-state index in [1.807, 2.05) is 0 Å². The molecule has 0 aliphatic heterocycles. The average molecular weight is 257 g/mol. The maximum absolute atomic E-state index is 8.57. The molecule has 0 saturated heterocycles. The molecule has 0 rings (SSSR count). The summed E-state index contributed by atoms with van der Waals surface area (Å²) in [6.07, 6.45) is 5.75. The smallest absolute Gasteiger partial charge is 0.140 e. The largest absolute Gasteiger partial charge is 0.409 e. The molecule has 1 unspecified atom stereocenters. The van der Waals surface area contributed by atoms with Gasteiger partial charge in [-0.3, -0.25) is 0 Å². The minimum Gasteiger partial charge on any atom is -0.409 e. The Morgan fingerprint density at radius 1 is 1.33 bits per heavy atom. The van der Waals surface area contributed by atoms with E-state index in [9.17, 15) is 0 Å². The summed E-state index contributed by atoms with van der Waals surface area (Å²) >= 11 is 0. The van der Waals surface area contributed by atoms with E-state index in [2.05, 4.69) is 37.8 Å². The summed E-state index contributed by atoms with van der Waals surface area (Å²) in [5.41, 5.74) is 5.54. The number of unbranched alkanes of at least 4 members (excludes halogenated alkanes) is 1. The maximum Gasteiger partial charge on any atom is 0.140 e. The van der Waals surface area contributed by atoms with Crippen molar-refractivity contribution in [3.8, 4) is 0 Å². The highest BCUT2D eigenvalue weighted by molar-refractivity contribution is 5.79. The fourth-order valence-electron chi connectivity index (χ4n) is 2.12. The van der Waals surface area contributed by atoms with Crippen LogP contribution in [0.2, 0.25) is 0 Å². The normalized spacial score (nSPS) is 14.4. The molecule has 0 aromatic carbocycles. The molecule has 0 amide bonds. The molecule has 0 aliphatic rings. The van der Waals surface area contributed by atoms with Gasteiger partial charge in [-0.05, 0) is 26.2 Å². The molecule has 1 atom stereocenters. The summed E-state index contributed by atoms with van der Waals surface area (Å²) in [5.74, 6) is 1.09. The van der Waals surface area contributed by atoms with E-state index in [0.29, 0.717) is 18.3 Å². The van der Waals surface area contributed by atoms with Crippen molar-refractivity contribution >= 4 is 5.84 Å². The molecule has 0 radical (unpaired) electrons.